The van der Waals surface area contributed by atoms with Gasteiger partial charge in [-0.05, 0) is 83.5 Å². The third-order valence-corrected chi connectivity index (χ3v) is 7.05. The van der Waals surface area contributed by atoms with Crippen molar-refractivity contribution in [1.29, 1.82) is 0 Å². The lowest BCUT2D eigenvalue weighted by Gasteiger charge is -2.30. The molecule has 2 rings (SSSR count). The minimum Gasteiger partial charge on any atom is -0.381 e. The van der Waals surface area contributed by atoms with Crippen LogP contribution in [-0.2, 0) is 19.1 Å². The zero-order valence-corrected chi connectivity index (χ0v) is 19.8. The number of carbonyl (C=O) groups excluding carboxylic acids is 2. The number of rotatable bonds is 12. The number of nitrogens with one attached hydrogen (secondary N) is 1. The molecule has 1 amide bonds. The molecule has 0 heterocycles. The number of amides is 1. The molecule has 176 valence electrons. The summed E-state index contributed by atoms with van der Waals surface area (Å²) < 4.78 is 11.6. The molecular weight excluding hydrogens is 378 g/mol. The minimum absolute atomic E-state index is 0. The van der Waals surface area contributed by atoms with E-state index >= 15 is 0 Å². The van der Waals surface area contributed by atoms with Gasteiger partial charge in [0.2, 0.25) is 5.91 Å². The van der Waals surface area contributed by atoms with Crippen LogP contribution >= 0.6 is 0 Å². The van der Waals surface area contributed by atoms with Crippen molar-refractivity contribution in [3.63, 3.8) is 0 Å². The normalized spacial score (nSPS) is 28.3. The van der Waals surface area contributed by atoms with E-state index in [9.17, 15) is 9.59 Å². The summed E-state index contributed by atoms with van der Waals surface area (Å²) in [6, 6.07) is 0.224. The molecule has 0 spiro atoms. The lowest BCUT2D eigenvalue weighted by atomic mass is 9.79. The van der Waals surface area contributed by atoms with Crippen LogP contribution in [0.25, 0.3) is 0 Å². The van der Waals surface area contributed by atoms with E-state index in [1.807, 2.05) is 6.92 Å². The highest BCUT2D eigenvalue weighted by Crippen LogP contribution is 2.30. The van der Waals surface area contributed by atoms with Crippen LogP contribution in [0.4, 0.5) is 0 Å². The highest BCUT2D eigenvalue weighted by Gasteiger charge is 2.29. The molecule has 1 unspecified atom stereocenters. The van der Waals surface area contributed by atoms with Crippen LogP contribution in [0.2, 0.25) is 0 Å². The maximum atomic E-state index is 12.3. The largest absolute Gasteiger partial charge is 0.381 e. The highest BCUT2D eigenvalue weighted by atomic mass is 16.5. The number of hydrogen-bond acceptors (Lipinski definition) is 4. The Balaban J connectivity index is 0.00000480. The summed E-state index contributed by atoms with van der Waals surface area (Å²) in [4.78, 5) is 24.6. The first-order chi connectivity index (χ1) is 14.4. The average molecular weight is 426 g/mol. The van der Waals surface area contributed by atoms with Crippen molar-refractivity contribution in [2.45, 2.75) is 104 Å². The molecule has 0 aromatic carbocycles. The van der Waals surface area contributed by atoms with Crippen molar-refractivity contribution < 1.29 is 20.5 Å². The van der Waals surface area contributed by atoms with Gasteiger partial charge in [0.1, 0.15) is 5.78 Å². The second-order valence-corrected chi connectivity index (χ2v) is 9.92. The van der Waals surface area contributed by atoms with Crippen LogP contribution in [0, 0.1) is 23.7 Å². The Bertz CT molecular complexity index is 512. The first-order valence-electron chi connectivity index (χ1n) is 12.4. The summed E-state index contributed by atoms with van der Waals surface area (Å²) in [7, 11) is 0. The monoisotopic (exact) mass is 425 g/mol. The predicted molar refractivity (Wildman–Crippen MR) is 122 cm³/mol. The Morgan fingerprint density at radius 3 is 2.10 bits per heavy atom. The molecule has 2 saturated carbocycles. The number of hydrogen-bond donors (Lipinski definition) is 1. The fourth-order valence-corrected chi connectivity index (χ4v) is 4.73. The quantitative estimate of drug-likeness (QED) is 0.439. The van der Waals surface area contributed by atoms with Gasteiger partial charge in [0.05, 0.1) is 12.7 Å². The lowest BCUT2D eigenvalue weighted by molar-refractivity contribution is -0.127. The first kappa shape index (κ1) is 25.3. The summed E-state index contributed by atoms with van der Waals surface area (Å²) in [5.74, 6) is 2.19. The zero-order valence-electron chi connectivity index (χ0n) is 19.8. The van der Waals surface area contributed by atoms with Crippen molar-refractivity contribution >= 4 is 11.7 Å². The first-order valence-corrected chi connectivity index (χ1v) is 12.4. The van der Waals surface area contributed by atoms with Crippen molar-refractivity contribution in [2.24, 2.45) is 23.7 Å². The van der Waals surface area contributed by atoms with Crippen molar-refractivity contribution in [1.82, 2.24) is 5.32 Å². The molecule has 0 bridgehead atoms. The van der Waals surface area contributed by atoms with Crippen LogP contribution in [0.5, 0.6) is 0 Å². The van der Waals surface area contributed by atoms with Gasteiger partial charge in [-0.2, -0.15) is 0 Å². The van der Waals surface area contributed by atoms with Gasteiger partial charge in [0, 0.05) is 38.9 Å². The fourth-order valence-electron chi connectivity index (χ4n) is 4.73. The van der Waals surface area contributed by atoms with E-state index < -0.39 is 0 Å². The van der Waals surface area contributed by atoms with Crippen LogP contribution in [-0.4, -0.2) is 43.7 Å². The van der Waals surface area contributed by atoms with E-state index in [1.54, 1.807) is 0 Å². The Hall–Kier alpha value is -0.940. The van der Waals surface area contributed by atoms with Gasteiger partial charge in [0.15, 0.2) is 0 Å². The van der Waals surface area contributed by atoms with Crippen LogP contribution in [0.15, 0.2) is 0 Å². The number of ketones is 1. The Morgan fingerprint density at radius 1 is 0.933 bits per heavy atom. The van der Waals surface area contributed by atoms with Crippen LogP contribution < -0.4 is 5.32 Å². The fraction of sp³-hybridized carbons (Fsp3) is 0.920. The number of Topliss-reactive ketones (excluding diaryl/α,β-unsaturated/α-hetero) is 1. The van der Waals surface area contributed by atoms with E-state index in [4.69, 9.17) is 9.47 Å². The highest BCUT2D eigenvalue weighted by molar-refractivity contribution is 5.83. The second kappa shape index (κ2) is 13.5. The van der Waals surface area contributed by atoms with Gasteiger partial charge in [-0.15, -0.1) is 0 Å². The van der Waals surface area contributed by atoms with Gasteiger partial charge in [0.25, 0.3) is 0 Å². The molecule has 2 fully saturated rings. The third-order valence-electron chi connectivity index (χ3n) is 7.05. The molecule has 30 heavy (non-hydrogen) atoms. The third kappa shape index (κ3) is 9.05. The lowest BCUT2D eigenvalue weighted by Crippen LogP contribution is -2.39. The van der Waals surface area contributed by atoms with Crippen molar-refractivity contribution in [3.8, 4) is 0 Å². The van der Waals surface area contributed by atoms with Gasteiger partial charge in [-0.3, -0.25) is 9.59 Å². The SMILES string of the molecule is CCC(C)C(=O)C1CCC(NC(=O)CCOCC2CCC(COC(C)C)CC2)CC1.[HH]. The van der Waals surface area contributed by atoms with E-state index in [0.717, 1.165) is 45.3 Å². The molecule has 0 saturated heterocycles. The smallest absolute Gasteiger partial charge is 0.222 e. The molecule has 2 aliphatic rings. The molecule has 1 atom stereocenters. The van der Waals surface area contributed by atoms with E-state index in [1.165, 1.54) is 25.7 Å². The maximum absolute atomic E-state index is 12.3. The molecule has 5 nitrogen and oxygen atoms in total. The van der Waals surface area contributed by atoms with E-state index in [-0.39, 0.29) is 25.2 Å². The number of carbonyl (C=O) groups is 2. The molecule has 0 radical (unpaired) electrons. The van der Waals surface area contributed by atoms with Crippen molar-refractivity contribution in [3.05, 3.63) is 0 Å². The molecule has 0 aromatic heterocycles. The van der Waals surface area contributed by atoms with Gasteiger partial charge < -0.3 is 14.8 Å². The molecular formula is C25H47NO4. The Labute approximate surface area is 185 Å². The van der Waals surface area contributed by atoms with Crippen LogP contribution in [0.1, 0.15) is 93.3 Å². The summed E-state index contributed by atoms with van der Waals surface area (Å²) in [6.45, 7) is 10.5. The van der Waals surface area contributed by atoms with Gasteiger partial charge in [-0.1, -0.05) is 13.8 Å². The molecule has 1 N–H and O–H groups in total. The maximum Gasteiger partial charge on any atom is 0.222 e. The standard InChI is InChI=1S/C25H45NO4.H2/c1-5-19(4)25(28)22-10-12-23(13-11-22)26-24(27)14-15-29-16-20-6-8-21(9-7-20)17-30-18(2)3;/h18-23H,5-17H2,1-4H3,(H,26,27);1H. The van der Waals surface area contributed by atoms with E-state index in [0.29, 0.717) is 36.8 Å². The van der Waals surface area contributed by atoms with Crippen molar-refractivity contribution in [2.75, 3.05) is 19.8 Å². The van der Waals surface area contributed by atoms with Crippen LogP contribution in [0.3, 0.4) is 0 Å². The summed E-state index contributed by atoms with van der Waals surface area (Å²) in [5.41, 5.74) is 0. The molecule has 0 aliphatic heterocycles. The zero-order chi connectivity index (χ0) is 21.9. The summed E-state index contributed by atoms with van der Waals surface area (Å²) in [6.07, 6.45) is 10.2. The van der Waals surface area contributed by atoms with E-state index in [2.05, 4.69) is 26.1 Å². The molecule has 0 aromatic rings. The topological polar surface area (TPSA) is 64.6 Å². The van der Waals surface area contributed by atoms with Gasteiger partial charge in [-0.25, -0.2) is 0 Å². The second-order valence-electron chi connectivity index (χ2n) is 9.92. The summed E-state index contributed by atoms with van der Waals surface area (Å²) >= 11 is 0. The Kier molecular flexibility index (Phi) is 11.4. The Morgan fingerprint density at radius 2 is 1.53 bits per heavy atom. The average Bonchev–Trinajstić information content (AvgIpc) is 2.75. The molecule has 5 heteroatoms. The predicted octanol–water partition coefficient (Wildman–Crippen LogP) is 5.16. The minimum atomic E-state index is 0. The summed E-state index contributed by atoms with van der Waals surface area (Å²) in [5, 5.41) is 3.14. The van der Waals surface area contributed by atoms with Gasteiger partial charge >= 0.3 is 0 Å². The molecule has 2 aliphatic carbocycles. The number of ether oxygens (including phenoxy) is 2.